The zero-order valence-corrected chi connectivity index (χ0v) is 3.91. The fraction of sp³-hybridized carbons (Fsp3) is 1.00. The molecule has 0 aromatic heterocycles. The lowest BCUT2D eigenvalue weighted by Gasteiger charge is -1.84. The van der Waals surface area contributed by atoms with Crippen molar-refractivity contribution >= 4 is 15.7 Å². The predicted molar refractivity (Wildman–Crippen MR) is 29.0 cm³/mol. The van der Waals surface area contributed by atoms with Gasteiger partial charge in [0.1, 0.15) is 0 Å². The summed E-state index contributed by atoms with van der Waals surface area (Å²) in [5.41, 5.74) is 0. The molecule has 0 atom stereocenters. The molecule has 0 nitrogen and oxygen atoms in total. The van der Waals surface area contributed by atoms with Gasteiger partial charge in [-0.3, -0.25) is 0 Å². The lowest BCUT2D eigenvalue weighted by Crippen LogP contribution is -1.83. The van der Waals surface area contributed by atoms with Crippen LogP contribution in [0.3, 0.4) is 0 Å². The Morgan fingerprint density at radius 1 is 1.20 bits per heavy atom. The Morgan fingerprint density at radius 3 is 1.40 bits per heavy atom. The first-order chi connectivity index (χ1) is 2.21. The molecule has 0 amide bonds. The first kappa shape index (κ1) is 3.32. The van der Waals surface area contributed by atoms with E-state index in [4.69, 9.17) is 0 Å². The van der Waals surface area contributed by atoms with Crippen LogP contribution in [-0.4, -0.2) is 15.7 Å². The highest BCUT2D eigenvalue weighted by Crippen LogP contribution is 2.45. The van der Waals surface area contributed by atoms with E-state index in [9.17, 15) is 0 Å². The normalized spacial score (nSPS) is 29.6. The van der Waals surface area contributed by atoms with Crippen LogP contribution in [-0.2, 0) is 0 Å². The largest absolute Gasteiger partial charge is 0.0992 e. The van der Waals surface area contributed by atoms with Gasteiger partial charge in [-0.1, -0.05) is 18.1 Å². The third-order valence-electron chi connectivity index (χ3n) is 1.25. The van der Waals surface area contributed by atoms with Crippen LogP contribution >= 0.6 is 0 Å². The lowest BCUT2D eigenvalue weighted by atomic mass is 9.67. The minimum atomic E-state index is 0.750. The van der Waals surface area contributed by atoms with Gasteiger partial charge in [-0.25, -0.2) is 0 Å². The second-order valence-corrected chi connectivity index (χ2v) is 2.66. The van der Waals surface area contributed by atoms with Crippen molar-refractivity contribution in [2.75, 3.05) is 0 Å². The Bertz CT molecular complexity index is 42.9. The molecule has 0 N–H and O–H groups in total. The summed E-state index contributed by atoms with van der Waals surface area (Å²) in [7, 11) is 4.60. The summed E-state index contributed by atoms with van der Waals surface area (Å²) in [4.78, 5) is 0. The van der Waals surface area contributed by atoms with E-state index in [0.29, 0.717) is 0 Å². The van der Waals surface area contributed by atoms with Crippen LogP contribution in [0.1, 0.15) is 12.8 Å². The molecule has 26 valence electrons. The Hall–Kier alpha value is 0.130. The van der Waals surface area contributed by atoms with Gasteiger partial charge in [-0.2, -0.15) is 0 Å². The summed E-state index contributed by atoms with van der Waals surface area (Å²) in [5, 5.41) is 0.750. The topological polar surface area (TPSA) is 0 Å². The zero-order valence-electron chi connectivity index (χ0n) is 3.91. The second-order valence-electron chi connectivity index (χ2n) is 2.66. The third-order valence-corrected chi connectivity index (χ3v) is 1.25. The highest BCUT2D eigenvalue weighted by atomic mass is 14.2. The molecule has 0 aliphatic heterocycles. The van der Waals surface area contributed by atoms with E-state index in [1.165, 1.54) is 12.8 Å². The molecule has 0 aromatic rings. The maximum Gasteiger partial charge on any atom is 0.0992 e. The molecule has 1 aliphatic carbocycles. The van der Waals surface area contributed by atoms with Gasteiger partial charge in [-0.05, 0) is 0 Å². The summed E-state index contributed by atoms with van der Waals surface area (Å²) in [6.07, 6.45) is 2.90. The van der Waals surface area contributed by atoms with E-state index in [-0.39, 0.29) is 0 Å². The van der Waals surface area contributed by atoms with Crippen LogP contribution in [0, 0.1) is 0 Å². The van der Waals surface area contributed by atoms with E-state index < -0.39 is 0 Å². The molecule has 0 heterocycles. The fourth-order valence-electron chi connectivity index (χ4n) is 0.250. The molecule has 5 heavy (non-hydrogen) atoms. The summed E-state index contributed by atoms with van der Waals surface area (Å²) in [5.74, 6) is 0. The van der Waals surface area contributed by atoms with Crippen molar-refractivity contribution in [2.45, 2.75) is 18.1 Å². The molecule has 1 aliphatic rings. The first-order valence-electron chi connectivity index (χ1n) is 2.21. The Balaban J connectivity index is 2.38. The van der Waals surface area contributed by atoms with Gasteiger partial charge < -0.3 is 0 Å². The van der Waals surface area contributed by atoms with Crippen molar-refractivity contribution in [3.63, 3.8) is 0 Å². The SMILES string of the molecule is BC1(B)CC1. The van der Waals surface area contributed by atoms with Crippen LogP contribution < -0.4 is 0 Å². The molecule has 2 heteroatoms. The van der Waals surface area contributed by atoms with Crippen molar-refractivity contribution in [3.05, 3.63) is 0 Å². The van der Waals surface area contributed by atoms with Crippen molar-refractivity contribution in [3.8, 4) is 0 Å². The minimum absolute atomic E-state index is 0.750. The van der Waals surface area contributed by atoms with Gasteiger partial charge >= 0.3 is 0 Å². The van der Waals surface area contributed by atoms with E-state index in [2.05, 4.69) is 15.7 Å². The standard InChI is InChI=1S/C3H8B2/c4-3(5)1-2-3/h1-2,4-5H2. The second kappa shape index (κ2) is 0.612. The number of hydrogen-bond acceptors (Lipinski definition) is 0. The molecule has 1 saturated carbocycles. The molecule has 0 spiro atoms. The molecule has 1 fully saturated rings. The zero-order chi connectivity index (χ0) is 3.91. The third kappa shape index (κ3) is 0.712. The maximum atomic E-state index is 2.30. The van der Waals surface area contributed by atoms with Crippen LogP contribution in [0.25, 0.3) is 0 Å². The summed E-state index contributed by atoms with van der Waals surface area (Å²) >= 11 is 0. The molecule has 0 saturated heterocycles. The van der Waals surface area contributed by atoms with Gasteiger partial charge in [-0.15, -0.1) is 0 Å². The van der Waals surface area contributed by atoms with Gasteiger partial charge in [0, 0.05) is 0 Å². The van der Waals surface area contributed by atoms with Crippen molar-refractivity contribution in [2.24, 2.45) is 0 Å². The fourth-order valence-corrected chi connectivity index (χ4v) is 0.250. The van der Waals surface area contributed by atoms with Gasteiger partial charge in [0.15, 0.2) is 0 Å². The van der Waals surface area contributed by atoms with E-state index in [1.807, 2.05) is 0 Å². The molecular formula is C3H8B2. The van der Waals surface area contributed by atoms with Gasteiger partial charge in [0.25, 0.3) is 0 Å². The highest BCUT2D eigenvalue weighted by Gasteiger charge is 2.30. The van der Waals surface area contributed by atoms with Crippen LogP contribution in [0.2, 0.25) is 5.21 Å². The first-order valence-corrected chi connectivity index (χ1v) is 2.21. The lowest BCUT2D eigenvalue weighted by molar-refractivity contribution is 1.32. The van der Waals surface area contributed by atoms with Crippen molar-refractivity contribution < 1.29 is 0 Å². The molecule has 1 rings (SSSR count). The Labute approximate surface area is 34.8 Å². The average molecular weight is 65.7 g/mol. The predicted octanol–water partition coefficient (Wildman–Crippen LogP) is -0.837. The van der Waals surface area contributed by atoms with Gasteiger partial charge in [0.2, 0.25) is 0 Å². The molecule has 0 radical (unpaired) electrons. The summed E-state index contributed by atoms with van der Waals surface area (Å²) in [6, 6.07) is 0. The molecule has 0 unspecified atom stereocenters. The van der Waals surface area contributed by atoms with Gasteiger partial charge in [0.05, 0.1) is 15.7 Å². The highest BCUT2D eigenvalue weighted by molar-refractivity contribution is 6.41. The summed E-state index contributed by atoms with van der Waals surface area (Å²) < 4.78 is 0. The Morgan fingerprint density at radius 2 is 1.40 bits per heavy atom. The molecule has 0 aromatic carbocycles. The van der Waals surface area contributed by atoms with Crippen LogP contribution in [0.15, 0.2) is 0 Å². The van der Waals surface area contributed by atoms with E-state index >= 15 is 0 Å². The van der Waals surface area contributed by atoms with Crippen LogP contribution in [0.5, 0.6) is 0 Å². The maximum absolute atomic E-state index is 2.30. The van der Waals surface area contributed by atoms with Crippen molar-refractivity contribution in [1.82, 2.24) is 0 Å². The molecular weight excluding hydrogens is 57.7 g/mol. The van der Waals surface area contributed by atoms with Crippen LogP contribution in [0.4, 0.5) is 0 Å². The average Bonchev–Trinajstić information content (AvgIpc) is 1.76. The van der Waals surface area contributed by atoms with E-state index in [0.717, 1.165) is 5.21 Å². The quantitative estimate of drug-likeness (QED) is 0.323. The Kier molecular flexibility index (Phi) is 0.407. The smallest absolute Gasteiger partial charge is 0.0845 e. The number of rotatable bonds is 0. The van der Waals surface area contributed by atoms with E-state index in [1.54, 1.807) is 0 Å². The van der Waals surface area contributed by atoms with Crippen molar-refractivity contribution in [1.29, 1.82) is 0 Å². The monoisotopic (exact) mass is 66.1 g/mol. The number of hydrogen-bond donors (Lipinski definition) is 0. The molecule has 0 bridgehead atoms. The minimum Gasteiger partial charge on any atom is -0.0845 e. The summed E-state index contributed by atoms with van der Waals surface area (Å²) in [6.45, 7) is 0.